The molecule has 0 unspecified atom stereocenters. The Bertz CT molecular complexity index is 1260. The number of carbonyl (C=O) groups excluding carboxylic acids is 1. The number of nitrogens with zero attached hydrogens (tertiary/aromatic N) is 2. The van der Waals surface area contributed by atoms with Crippen LogP contribution in [0.2, 0.25) is 0 Å². The SMILES string of the molecule is Cc1cccc(C2=C(c3ccc4ncc(C(=O)O[C@H]5CCC[C@H](N)C5)cc4c3)CC=CN2)n1. The third-order valence-corrected chi connectivity index (χ3v) is 6.32. The second kappa shape index (κ2) is 9.16. The van der Waals surface area contributed by atoms with Crippen molar-refractivity contribution in [2.45, 2.75) is 51.2 Å². The van der Waals surface area contributed by atoms with E-state index < -0.39 is 0 Å². The minimum absolute atomic E-state index is 0.109. The molecule has 2 aliphatic rings. The summed E-state index contributed by atoms with van der Waals surface area (Å²) in [6.07, 6.45) is 9.91. The molecule has 3 heterocycles. The van der Waals surface area contributed by atoms with Crippen LogP contribution in [0.15, 0.2) is 60.9 Å². The third-order valence-electron chi connectivity index (χ3n) is 6.32. The molecule has 3 N–H and O–H groups in total. The topological polar surface area (TPSA) is 90.1 Å². The van der Waals surface area contributed by atoms with E-state index >= 15 is 0 Å². The smallest absolute Gasteiger partial charge is 0.339 e. The number of allylic oxidation sites excluding steroid dienone is 2. The predicted octanol–water partition coefficient (Wildman–Crippen LogP) is 4.74. The maximum atomic E-state index is 12.8. The van der Waals surface area contributed by atoms with Crippen molar-refractivity contribution in [3.8, 4) is 0 Å². The molecule has 6 heteroatoms. The molecule has 168 valence electrons. The molecule has 1 saturated carbocycles. The Morgan fingerprint density at radius 2 is 2.09 bits per heavy atom. The number of nitrogens with one attached hydrogen (secondary N) is 1. The number of rotatable bonds is 4. The molecular formula is C27H28N4O2. The molecule has 6 nitrogen and oxygen atoms in total. The fourth-order valence-corrected chi connectivity index (χ4v) is 4.62. The van der Waals surface area contributed by atoms with Gasteiger partial charge in [-0.15, -0.1) is 0 Å². The summed E-state index contributed by atoms with van der Waals surface area (Å²) in [5.41, 5.74) is 12.5. The molecule has 0 bridgehead atoms. The maximum Gasteiger partial charge on any atom is 0.339 e. The monoisotopic (exact) mass is 440 g/mol. The number of benzene rings is 1. The first kappa shape index (κ1) is 21.3. The Balaban J connectivity index is 1.46. The van der Waals surface area contributed by atoms with Crippen LogP contribution in [0.4, 0.5) is 0 Å². The van der Waals surface area contributed by atoms with E-state index in [0.29, 0.717) is 5.56 Å². The summed E-state index contributed by atoms with van der Waals surface area (Å²) < 4.78 is 5.73. The first-order valence-corrected chi connectivity index (χ1v) is 11.5. The van der Waals surface area contributed by atoms with Gasteiger partial charge in [-0.25, -0.2) is 4.79 Å². The second-order valence-corrected chi connectivity index (χ2v) is 8.85. The summed E-state index contributed by atoms with van der Waals surface area (Å²) in [5.74, 6) is -0.333. The van der Waals surface area contributed by atoms with Crippen LogP contribution in [0, 0.1) is 6.92 Å². The Morgan fingerprint density at radius 3 is 2.94 bits per heavy atom. The zero-order valence-electron chi connectivity index (χ0n) is 18.8. The van der Waals surface area contributed by atoms with E-state index in [-0.39, 0.29) is 18.1 Å². The molecule has 1 aliphatic carbocycles. The van der Waals surface area contributed by atoms with Gasteiger partial charge in [-0.05, 0) is 86.7 Å². The maximum absolute atomic E-state index is 12.8. The van der Waals surface area contributed by atoms with Gasteiger partial charge < -0.3 is 15.8 Å². The Morgan fingerprint density at radius 1 is 1.18 bits per heavy atom. The Kier molecular flexibility index (Phi) is 5.92. The molecule has 33 heavy (non-hydrogen) atoms. The van der Waals surface area contributed by atoms with Crippen LogP contribution >= 0.6 is 0 Å². The van der Waals surface area contributed by atoms with Crippen LogP contribution in [0.5, 0.6) is 0 Å². The predicted molar refractivity (Wildman–Crippen MR) is 130 cm³/mol. The van der Waals surface area contributed by atoms with Crippen LogP contribution in [0.1, 0.15) is 59.4 Å². The molecule has 0 amide bonds. The molecule has 1 aromatic carbocycles. The molecule has 0 radical (unpaired) electrons. The van der Waals surface area contributed by atoms with Gasteiger partial charge in [0.25, 0.3) is 0 Å². The molecule has 1 fully saturated rings. The lowest BCUT2D eigenvalue weighted by molar-refractivity contribution is 0.0191. The van der Waals surface area contributed by atoms with Crippen LogP contribution in [0.25, 0.3) is 22.2 Å². The highest BCUT2D eigenvalue weighted by Gasteiger charge is 2.23. The van der Waals surface area contributed by atoms with E-state index in [9.17, 15) is 4.79 Å². The number of aryl methyl sites for hydroxylation is 1. The minimum atomic E-state index is -0.333. The van der Waals surface area contributed by atoms with E-state index in [1.807, 2.05) is 43.5 Å². The van der Waals surface area contributed by atoms with Crippen LogP contribution in [-0.2, 0) is 4.74 Å². The van der Waals surface area contributed by atoms with Crippen LogP contribution in [-0.4, -0.2) is 28.1 Å². The van der Waals surface area contributed by atoms with Gasteiger partial charge in [0.2, 0.25) is 0 Å². The molecule has 2 atom stereocenters. The molecule has 0 saturated heterocycles. The van der Waals surface area contributed by atoms with Gasteiger partial charge in [0.15, 0.2) is 0 Å². The first-order valence-electron chi connectivity index (χ1n) is 11.5. The number of pyridine rings is 2. The zero-order chi connectivity index (χ0) is 22.8. The molecule has 1 aliphatic heterocycles. The average Bonchev–Trinajstić information content (AvgIpc) is 2.83. The third kappa shape index (κ3) is 4.66. The van der Waals surface area contributed by atoms with Gasteiger partial charge in [-0.2, -0.15) is 0 Å². The highest BCUT2D eigenvalue weighted by atomic mass is 16.5. The van der Waals surface area contributed by atoms with Crippen LogP contribution < -0.4 is 11.1 Å². The van der Waals surface area contributed by atoms with Gasteiger partial charge in [0, 0.05) is 23.3 Å². The fraction of sp³-hybridized carbons (Fsp3) is 0.296. The van der Waals surface area contributed by atoms with Gasteiger partial charge in [-0.1, -0.05) is 18.2 Å². The number of dihydropyridines is 1. The standard InChI is InChI=1S/C27H28N4O2/c1-17-5-2-9-25(31-17)26-23(8-4-12-29-26)18-10-11-24-19(13-18)14-20(16-30-24)27(32)33-22-7-3-6-21(28)15-22/h2,4-5,9-14,16,21-22,29H,3,6-8,15,28H2,1H3/t21-,22-/m0/s1. The van der Waals surface area contributed by atoms with Crippen molar-refractivity contribution in [3.05, 3.63) is 83.5 Å². The van der Waals surface area contributed by atoms with Crippen molar-refractivity contribution in [2.24, 2.45) is 5.73 Å². The second-order valence-electron chi connectivity index (χ2n) is 8.85. The molecule has 5 rings (SSSR count). The van der Waals surface area contributed by atoms with Gasteiger partial charge >= 0.3 is 5.97 Å². The average molecular weight is 441 g/mol. The highest BCUT2D eigenvalue weighted by Crippen LogP contribution is 2.31. The van der Waals surface area contributed by atoms with E-state index in [2.05, 4.69) is 28.5 Å². The van der Waals surface area contributed by atoms with Crippen LogP contribution in [0.3, 0.4) is 0 Å². The van der Waals surface area contributed by atoms with Crippen molar-refractivity contribution in [3.63, 3.8) is 0 Å². The summed E-state index contributed by atoms with van der Waals surface area (Å²) in [4.78, 5) is 22.0. The number of nitrogens with two attached hydrogens (primary N) is 1. The van der Waals surface area contributed by atoms with Crippen molar-refractivity contribution >= 4 is 28.1 Å². The Labute approximate surface area is 193 Å². The highest BCUT2D eigenvalue weighted by molar-refractivity contribution is 5.97. The number of aromatic nitrogens is 2. The quantitative estimate of drug-likeness (QED) is 0.570. The van der Waals surface area contributed by atoms with Crippen molar-refractivity contribution in [1.82, 2.24) is 15.3 Å². The van der Waals surface area contributed by atoms with Gasteiger partial charge in [0.05, 0.1) is 22.5 Å². The number of ether oxygens (including phenoxy) is 1. The van der Waals surface area contributed by atoms with Crippen molar-refractivity contribution < 1.29 is 9.53 Å². The number of hydrogen-bond donors (Lipinski definition) is 2. The van der Waals surface area contributed by atoms with E-state index in [0.717, 1.165) is 71.2 Å². The first-order chi connectivity index (χ1) is 16.1. The lowest BCUT2D eigenvalue weighted by Gasteiger charge is -2.26. The van der Waals surface area contributed by atoms with E-state index in [1.165, 1.54) is 0 Å². The van der Waals surface area contributed by atoms with Crippen molar-refractivity contribution in [2.75, 3.05) is 0 Å². The minimum Gasteiger partial charge on any atom is -0.459 e. The lowest BCUT2D eigenvalue weighted by atomic mass is 9.93. The summed E-state index contributed by atoms with van der Waals surface area (Å²) >= 11 is 0. The largest absolute Gasteiger partial charge is 0.459 e. The number of carbonyl (C=O) groups is 1. The van der Waals surface area contributed by atoms with E-state index in [1.54, 1.807) is 6.20 Å². The number of hydrogen-bond acceptors (Lipinski definition) is 6. The molecule has 3 aromatic rings. The van der Waals surface area contributed by atoms with E-state index in [4.69, 9.17) is 15.5 Å². The lowest BCUT2D eigenvalue weighted by Crippen LogP contribution is -2.33. The Hall–Kier alpha value is -3.51. The molecular weight excluding hydrogens is 412 g/mol. The summed E-state index contributed by atoms with van der Waals surface area (Å²) in [5, 5.41) is 4.28. The summed E-state index contributed by atoms with van der Waals surface area (Å²) in [6.45, 7) is 1.99. The summed E-state index contributed by atoms with van der Waals surface area (Å²) in [7, 11) is 0. The fourth-order valence-electron chi connectivity index (χ4n) is 4.62. The zero-order valence-corrected chi connectivity index (χ0v) is 18.8. The van der Waals surface area contributed by atoms with Gasteiger partial charge in [-0.3, -0.25) is 9.97 Å². The van der Waals surface area contributed by atoms with Gasteiger partial charge in [0.1, 0.15) is 6.10 Å². The molecule has 2 aromatic heterocycles. The normalized spacial score (nSPS) is 20.5. The molecule has 0 spiro atoms. The van der Waals surface area contributed by atoms with Crippen molar-refractivity contribution in [1.29, 1.82) is 0 Å². The number of esters is 1. The number of fused-ring (bicyclic) bond motifs is 1. The summed E-state index contributed by atoms with van der Waals surface area (Å²) in [6, 6.07) is 14.2.